The number of para-hydroxylation sites is 1. The molecule has 126 valence electrons. The molecule has 3 rings (SSSR count). The van der Waals surface area contributed by atoms with Crippen LogP contribution in [-0.4, -0.2) is 31.4 Å². The second-order valence-corrected chi connectivity index (χ2v) is 7.57. The number of H-pyrrole nitrogens is 1. The lowest BCUT2D eigenvalue weighted by Crippen LogP contribution is -2.26. The van der Waals surface area contributed by atoms with Gasteiger partial charge in [-0.15, -0.1) is 0 Å². The van der Waals surface area contributed by atoms with Gasteiger partial charge in [-0.3, -0.25) is 0 Å². The van der Waals surface area contributed by atoms with Gasteiger partial charge in [0.05, 0.1) is 11.5 Å². The summed E-state index contributed by atoms with van der Waals surface area (Å²) in [6.07, 6.45) is 1.86. The van der Waals surface area contributed by atoms with Crippen LogP contribution in [-0.2, 0) is 16.6 Å². The van der Waals surface area contributed by atoms with E-state index in [1.807, 2.05) is 37.4 Å². The van der Waals surface area contributed by atoms with Crippen LogP contribution in [0.25, 0.3) is 10.9 Å². The van der Waals surface area contributed by atoms with E-state index >= 15 is 0 Å². The summed E-state index contributed by atoms with van der Waals surface area (Å²) in [5, 5.41) is 1.03. The van der Waals surface area contributed by atoms with Gasteiger partial charge in [0.2, 0.25) is 10.0 Å². The van der Waals surface area contributed by atoms with Crippen molar-refractivity contribution in [3.8, 4) is 5.75 Å². The molecule has 3 aromatic rings. The molecule has 0 amide bonds. The minimum absolute atomic E-state index is 0.258. The van der Waals surface area contributed by atoms with Gasteiger partial charge < -0.3 is 9.72 Å². The number of rotatable bonds is 6. The summed E-state index contributed by atoms with van der Waals surface area (Å²) >= 11 is 0. The first-order valence-electron chi connectivity index (χ1n) is 7.76. The molecule has 0 atom stereocenters. The van der Waals surface area contributed by atoms with Gasteiger partial charge in [0.15, 0.2) is 0 Å². The third-order valence-corrected chi connectivity index (χ3v) is 5.73. The van der Waals surface area contributed by atoms with E-state index in [2.05, 4.69) is 4.98 Å². The van der Waals surface area contributed by atoms with E-state index in [0.717, 1.165) is 16.5 Å². The topological polar surface area (TPSA) is 62.4 Å². The van der Waals surface area contributed by atoms with Crippen molar-refractivity contribution in [1.82, 2.24) is 9.29 Å². The Morgan fingerprint density at radius 1 is 1.08 bits per heavy atom. The van der Waals surface area contributed by atoms with E-state index in [1.165, 1.54) is 4.31 Å². The number of sulfonamides is 1. The van der Waals surface area contributed by atoms with Crippen molar-refractivity contribution >= 4 is 20.9 Å². The molecular weight excluding hydrogens is 324 g/mol. The Morgan fingerprint density at radius 2 is 1.79 bits per heavy atom. The van der Waals surface area contributed by atoms with Gasteiger partial charge in [-0.25, -0.2) is 8.42 Å². The van der Waals surface area contributed by atoms with E-state index in [-0.39, 0.29) is 4.90 Å². The molecule has 0 unspecified atom stereocenters. The number of aromatic amines is 1. The van der Waals surface area contributed by atoms with E-state index in [0.29, 0.717) is 18.9 Å². The Labute approximate surface area is 141 Å². The van der Waals surface area contributed by atoms with Crippen molar-refractivity contribution in [3.05, 3.63) is 60.3 Å². The summed E-state index contributed by atoms with van der Waals surface area (Å²) < 4.78 is 32.2. The number of nitrogens with zero attached hydrogens (tertiary/aromatic N) is 1. The van der Waals surface area contributed by atoms with E-state index < -0.39 is 10.0 Å². The van der Waals surface area contributed by atoms with Crippen molar-refractivity contribution in [2.75, 3.05) is 13.7 Å². The molecule has 0 radical (unpaired) electrons. The second-order valence-electron chi connectivity index (χ2n) is 5.52. The molecule has 0 fully saturated rings. The lowest BCUT2D eigenvalue weighted by atomic mass is 10.2. The first-order valence-corrected chi connectivity index (χ1v) is 9.20. The Hall–Kier alpha value is -2.31. The van der Waals surface area contributed by atoms with Gasteiger partial charge in [-0.2, -0.15) is 4.31 Å². The number of aromatic nitrogens is 1. The smallest absolute Gasteiger partial charge is 0.243 e. The molecule has 0 saturated heterocycles. The van der Waals surface area contributed by atoms with Gasteiger partial charge in [0.1, 0.15) is 5.75 Å². The molecule has 1 aromatic heterocycles. The predicted molar refractivity (Wildman–Crippen MR) is 94.6 cm³/mol. The maximum atomic E-state index is 12.7. The van der Waals surface area contributed by atoms with Crippen LogP contribution in [0.3, 0.4) is 0 Å². The quantitative estimate of drug-likeness (QED) is 0.745. The maximum absolute atomic E-state index is 12.7. The standard InChI is InChI=1S/C18H20N2O3S/c1-3-23-15-8-10-16(11-9-15)24(21,22)20(2)13-14-12-19-18-7-5-4-6-17(14)18/h4-12,19H,3,13H2,1-2H3. The van der Waals surface area contributed by atoms with E-state index in [4.69, 9.17) is 4.74 Å². The van der Waals surface area contributed by atoms with Gasteiger partial charge >= 0.3 is 0 Å². The fourth-order valence-corrected chi connectivity index (χ4v) is 3.79. The highest BCUT2D eigenvalue weighted by Gasteiger charge is 2.21. The highest BCUT2D eigenvalue weighted by molar-refractivity contribution is 7.89. The molecule has 1 N–H and O–H groups in total. The Morgan fingerprint density at radius 3 is 2.50 bits per heavy atom. The number of hydrogen-bond donors (Lipinski definition) is 1. The van der Waals surface area contributed by atoms with Crippen molar-refractivity contribution in [1.29, 1.82) is 0 Å². The number of ether oxygens (including phenoxy) is 1. The molecule has 0 bridgehead atoms. The molecule has 0 aliphatic heterocycles. The van der Waals surface area contributed by atoms with Crippen molar-refractivity contribution < 1.29 is 13.2 Å². The van der Waals surface area contributed by atoms with Gasteiger partial charge in [-0.05, 0) is 42.8 Å². The van der Waals surface area contributed by atoms with E-state index in [1.54, 1.807) is 31.3 Å². The van der Waals surface area contributed by atoms with Crippen LogP contribution < -0.4 is 4.74 Å². The maximum Gasteiger partial charge on any atom is 0.243 e. The van der Waals surface area contributed by atoms with E-state index in [9.17, 15) is 8.42 Å². The van der Waals surface area contributed by atoms with Crippen molar-refractivity contribution in [2.45, 2.75) is 18.4 Å². The minimum Gasteiger partial charge on any atom is -0.494 e. The zero-order valence-corrected chi connectivity index (χ0v) is 14.5. The molecule has 2 aromatic carbocycles. The highest BCUT2D eigenvalue weighted by atomic mass is 32.2. The highest BCUT2D eigenvalue weighted by Crippen LogP contribution is 2.23. The molecule has 0 aliphatic rings. The van der Waals surface area contributed by atoms with Crippen molar-refractivity contribution in [2.24, 2.45) is 0 Å². The molecule has 24 heavy (non-hydrogen) atoms. The lowest BCUT2D eigenvalue weighted by Gasteiger charge is -2.17. The van der Waals surface area contributed by atoms with Gasteiger partial charge in [0.25, 0.3) is 0 Å². The Bertz CT molecular complexity index is 930. The van der Waals surface area contributed by atoms with Crippen LogP contribution in [0.15, 0.2) is 59.6 Å². The van der Waals surface area contributed by atoms with Gasteiger partial charge in [-0.1, -0.05) is 18.2 Å². The number of hydrogen-bond acceptors (Lipinski definition) is 3. The summed E-state index contributed by atoms with van der Waals surface area (Å²) in [5.41, 5.74) is 1.95. The third-order valence-electron chi connectivity index (χ3n) is 3.91. The first kappa shape index (κ1) is 16.5. The Kier molecular flexibility index (Phi) is 4.59. The summed E-state index contributed by atoms with van der Waals surface area (Å²) in [4.78, 5) is 3.43. The number of nitrogens with one attached hydrogen (secondary N) is 1. The second kappa shape index (κ2) is 6.67. The molecule has 0 spiro atoms. The number of benzene rings is 2. The first-order chi connectivity index (χ1) is 11.5. The van der Waals surface area contributed by atoms with Crippen LogP contribution >= 0.6 is 0 Å². The third kappa shape index (κ3) is 3.16. The van der Waals surface area contributed by atoms with Crippen LogP contribution in [0.2, 0.25) is 0 Å². The summed E-state index contributed by atoms with van der Waals surface area (Å²) in [6.45, 7) is 2.74. The molecule has 0 aliphatic carbocycles. The SMILES string of the molecule is CCOc1ccc(S(=O)(=O)N(C)Cc2c[nH]c3ccccc23)cc1. The fourth-order valence-electron chi connectivity index (χ4n) is 2.64. The van der Waals surface area contributed by atoms with Crippen LogP contribution in [0.1, 0.15) is 12.5 Å². The van der Waals surface area contributed by atoms with Crippen LogP contribution in [0.5, 0.6) is 5.75 Å². The predicted octanol–water partition coefficient (Wildman–Crippen LogP) is 3.39. The largest absolute Gasteiger partial charge is 0.494 e. The monoisotopic (exact) mass is 344 g/mol. The summed E-state index contributed by atoms with van der Waals surface area (Å²) in [6, 6.07) is 14.4. The number of fused-ring (bicyclic) bond motifs is 1. The zero-order chi connectivity index (χ0) is 17.2. The molecule has 1 heterocycles. The minimum atomic E-state index is -3.55. The van der Waals surface area contributed by atoms with Crippen LogP contribution in [0.4, 0.5) is 0 Å². The van der Waals surface area contributed by atoms with Crippen LogP contribution in [0, 0.1) is 0 Å². The molecular formula is C18H20N2O3S. The Balaban J connectivity index is 1.83. The summed E-state index contributed by atoms with van der Waals surface area (Å²) in [7, 11) is -1.96. The average Bonchev–Trinajstić information content (AvgIpc) is 2.99. The van der Waals surface area contributed by atoms with Crippen molar-refractivity contribution in [3.63, 3.8) is 0 Å². The lowest BCUT2D eigenvalue weighted by molar-refractivity contribution is 0.340. The molecule has 5 nitrogen and oxygen atoms in total. The molecule has 0 saturated carbocycles. The summed E-state index contributed by atoms with van der Waals surface area (Å²) in [5.74, 6) is 0.663. The van der Waals surface area contributed by atoms with Gasteiger partial charge in [0, 0.05) is 30.7 Å². The average molecular weight is 344 g/mol. The fraction of sp³-hybridized carbons (Fsp3) is 0.222. The molecule has 6 heteroatoms. The zero-order valence-electron chi connectivity index (χ0n) is 13.7. The normalized spacial score (nSPS) is 12.0.